The van der Waals surface area contributed by atoms with E-state index in [-0.39, 0.29) is 0 Å². The van der Waals surface area contributed by atoms with E-state index < -0.39 is 0 Å². The highest BCUT2D eigenvalue weighted by Gasteiger charge is 2.45. The zero-order valence-electron chi connectivity index (χ0n) is 16.3. The number of thiophene rings is 1. The van der Waals surface area contributed by atoms with E-state index in [1.165, 1.54) is 12.8 Å². The molecule has 1 aliphatic carbocycles. The van der Waals surface area contributed by atoms with Crippen molar-refractivity contribution < 1.29 is 4.79 Å². The van der Waals surface area contributed by atoms with E-state index in [2.05, 4.69) is 45.5 Å². The molecule has 5 nitrogen and oxygen atoms in total. The average Bonchev–Trinajstić information content (AvgIpc) is 3.44. The topological polar surface area (TPSA) is 49.3 Å². The maximum atomic E-state index is 12.5. The van der Waals surface area contributed by atoms with Crippen molar-refractivity contribution in [2.24, 2.45) is 5.92 Å². The molecule has 3 aromatic rings. The maximum absolute atomic E-state index is 12.5. The van der Waals surface area contributed by atoms with Crippen molar-refractivity contribution in [3.63, 3.8) is 0 Å². The van der Waals surface area contributed by atoms with E-state index in [4.69, 9.17) is 9.97 Å². The second-order valence-corrected chi connectivity index (χ2v) is 9.45. The quantitative estimate of drug-likeness (QED) is 0.652. The number of fused-ring (bicyclic) bond motifs is 2. The number of hydrogen-bond donors (Lipinski definition) is 0. The molecule has 3 fully saturated rings. The van der Waals surface area contributed by atoms with Crippen LogP contribution in [0.3, 0.4) is 0 Å². The summed E-state index contributed by atoms with van der Waals surface area (Å²) in [4.78, 5) is 28.2. The highest BCUT2D eigenvalue weighted by atomic mass is 32.1. The Labute approximate surface area is 174 Å². The van der Waals surface area contributed by atoms with Crippen LogP contribution < -0.4 is 4.90 Å². The maximum Gasteiger partial charge on any atom is 0.223 e. The Kier molecular flexibility index (Phi) is 4.08. The number of benzene rings is 1. The van der Waals surface area contributed by atoms with Gasteiger partial charge in [0.1, 0.15) is 5.82 Å². The number of anilines is 1. The van der Waals surface area contributed by atoms with Crippen LogP contribution in [0.25, 0.3) is 21.6 Å². The molecule has 6 rings (SSSR count). The molecule has 2 saturated heterocycles. The lowest BCUT2D eigenvalue weighted by atomic mass is 9.83. The van der Waals surface area contributed by atoms with Crippen molar-refractivity contribution in [2.45, 2.75) is 44.2 Å². The van der Waals surface area contributed by atoms with Crippen molar-refractivity contribution in [1.82, 2.24) is 14.9 Å². The lowest BCUT2D eigenvalue weighted by Gasteiger charge is -2.47. The lowest BCUT2D eigenvalue weighted by molar-refractivity contribution is -0.140. The molecule has 1 aromatic carbocycles. The van der Waals surface area contributed by atoms with Gasteiger partial charge in [-0.05, 0) is 55.2 Å². The number of likely N-dealkylation sites (tertiary alicyclic amines) is 1. The van der Waals surface area contributed by atoms with Crippen molar-refractivity contribution in [2.75, 3.05) is 18.0 Å². The summed E-state index contributed by atoms with van der Waals surface area (Å²) in [5.41, 5.74) is 1.00. The van der Waals surface area contributed by atoms with E-state index in [9.17, 15) is 4.79 Å². The van der Waals surface area contributed by atoms with Gasteiger partial charge in [0, 0.05) is 37.0 Å². The average molecular weight is 405 g/mol. The number of nitrogens with zero attached hydrogens (tertiary/aromatic N) is 4. The van der Waals surface area contributed by atoms with Gasteiger partial charge in [0.15, 0.2) is 5.82 Å². The van der Waals surface area contributed by atoms with Crippen molar-refractivity contribution in [3.8, 4) is 10.7 Å². The van der Waals surface area contributed by atoms with Crippen LogP contribution in [0.1, 0.15) is 32.1 Å². The SMILES string of the molecule is O=C1CC[C@@H]2CN(c3nc(-c4cccs4)nc4ccccc34)CC[C@@H]2N1C1CC1. The van der Waals surface area contributed by atoms with Crippen molar-refractivity contribution in [3.05, 3.63) is 41.8 Å². The van der Waals surface area contributed by atoms with E-state index in [0.717, 1.165) is 53.4 Å². The fourth-order valence-corrected chi connectivity index (χ4v) is 5.79. The van der Waals surface area contributed by atoms with Gasteiger partial charge in [0.2, 0.25) is 5.91 Å². The van der Waals surface area contributed by atoms with Crippen LogP contribution in [0.4, 0.5) is 5.82 Å². The van der Waals surface area contributed by atoms with E-state index in [1.807, 2.05) is 6.07 Å². The normalized spacial score (nSPS) is 24.8. The number of hydrogen-bond acceptors (Lipinski definition) is 5. The fraction of sp³-hybridized carbons (Fsp3) is 0.435. The van der Waals surface area contributed by atoms with E-state index >= 15 is 0 Å². The minimum absolute atomic E-state index is 0.384. The summed E-state index contributed by atoms with van der Waals surface area (Å²) in [7, 11) is 0. The molecule has 3 aliphatic rings. The van der Waals surface area contributed by atoms with Gasteiger partial charge in [-0.1, -0.05) is 18.2 Å². The van der Waals surface area contributed by atoms with Gasteiger partial charge in [-0.25, -0.2) is 9.97 Å². The molecular formula is C23H24N4OS. The van der Waals surface area contributed by atoms with Gasteiger partial charge in [-0.3, -0.25) is 4.79 Å². The fourth-order valence-electron chi connectivity index (χ4n) is 5.13. The van der Waals surface area contributed by atoms with Crippen LogP contribution in [0.5, 0.6) is 0 Å². The van der Waals surface area contributed by atoms with Gasteiger partial charge >= 0.3 is 0 Å². The molecule has 0 radical (unpaired) electrons. The molecule has 2 aromatic heterocycles. The summed E-state index contributed by atoms with van der Waals surface area (Å²) in [5.74, 6) is 2.79. The number of amides is 1. The Hall–Kier alpha value is -2.47. The van der Waals surface area contributed by atoms with Crippen LogP contribution in [0.15, 0.2) is 41.8 Å². The number of carbonyl (C=O) groups is 1. The summed E-state index contributed by atoms with van der Waals surface area (Å²) >= 11 is 1.68. The van der Waals surface area contributed by atoms with Crippen LogP contribution in [0.2, 0.25) is 0 Å². The highest BCUT2D eigenvalue weighted by molar-refractivity contribution is 7.13. The van der Waals surface area contributed by atoms with Crippen LogP contribution in [-0.4, -0.2) is 45.9 Å². The van der Waals surface area contributed by atoms with Gasteiger partial charge in [-0.15, -0.1) is 11.3 Å². The van der Waals surface area contributed by atoms with Crippen LogP contribution in [0, 0.1) is 5.92 Å². The van der Waals surface area contributed by atoms with E-state index in [0.29, 0.717) is 30.3 Å². The number of piperidine rings is 2. The molecule has 1 saturated carbocycles. The zero-order chi connectivity index (χ0) is 19.4. The summed E-state index contributed by atoms with van der Waals surface area (Å²) in [5, 5.41) is 3.20. The first-order valence-electron chi connectivity index (χ1n) is 10.6. The number of para-hydroxylation sites is 1. The molecule has 0 spiro atoms. The third-order valence-corrected chi connectivity index (χ3v) is 7.50. The number of rotatable bonds is 3. The Morgan fingerprint density at radius 3 is 2.72 bits per heavy atom. The Morgan fingerprint density at radius 2 is 1.90 bits per heavy atom. The molecule has 6 heteroatoms. The van der Waals surface area contributed by atoms with Gasteiger partial charge < -0.3 is 9.80 Å². The minimum atomic E-state index is 0.384. The standard InChI is InChI=1S/C23H24N4OS/c28-21-10-7-15-14-26(12-11-19(15)27(21)16-8-9-16)23-17-4-1-2-5-18(17)24-22(25-23)20-6-3-13-29-20/h1-6,13,15-16,19H,7-12,14H2/t15-,19+/m1/s1. The monoisotopic (exact) mass is 404 g/mol. The summed E-state index contributed by atoms with van der Waals surface area (Å²) in [6.45, 7) is 1.93. The summed E-state index contributed by atoms with van der Waals surface area (Å²) < 4.78 is 0. The molecule has 2 aliphatic heterocycles. The van der Waals surface area contributed by atoms with Gasteiger partial charge in [-0.2, -0.15) is 0 Å². The third kappa shape index (κ3) is 3.01. The van der Waals surface area contributed by atoms with Crippen LogP contribution in [-0.2, 0) is 4.79 Å². The zero-order valence-corrected chi connectivity index (χ0v) is 17.1. The Morgan fingerprint density at radius 1 is 1.00 bits per heavy atom. The largest absolute Gasteiger partial charge is 0.356 e. The molecule has 4 heterocycles. The molecule has 148 valence electrons. The predicted octanol–water partition coefficient (Wildman–Crippen LogP) is 4.34. The second-order valence-electron chi connectivity index (χ2n) is 8.50. The summed E-state index contributed by atoms with van der Waals surface area (Å²) in [6, 6.07) is 13.4. The molecule has 1 amide bonds. The van der Waals surface area contributed by atoms with E-state index in [1.54, 1.807) is 11.3 Å². The molecule has 0 bridgehead atoms. The number of carbonyl (C=O) groups excluding carboxylic acids is 1. The second kappa shape index (κ2) is 6.80. The first kappa shape index (κ1) is 17.4. The molecule has 0 unspecified atom stereocenters. The predicted molar refractivity (Wildman–Crippen MR) is 116 cm³/mol. The Balaban J connectivity index is 1.36. The summed E-state index contributed by atoms with van der Waals surface area (Å²) in [6.07, 6.45) is 5.14. The third-order valence-electron chi connectivity index (χ3n) is 6.63. The first-order valence-corrected chi connectivity index (χ1v) is 11.5. The molecule has 2 atom stereocenters. The molecule has 0 N–H and O–H groups in total. The first-order chi connectivity index (χ1) is 14.3. The van der Waals surface area contributed by atoms with Crippen molar-refractivity contribution >= 4 is 34.0 Å². The van der Waals surface area contributed by atoms with Crippen LogP contribution >= 0.6 is 11.3 Å². The van der Waals surface area contributed by atoms with Gasteiger partial charge in [0.25, 0.3) is 0 Å². The molecular weight excluding hydrogens is 380 g/mol. The smallest absolute Gasteiger partial charge is 0.223 e. The lowest BCUT2D eigenvalue weighted by Crippen LogP contribution is -2.56. The number of aromatic nitrogens is 2. The van der Waals surface area contributed by atoms with Gasteiger partial charge in [0.05, 0.1) is 10.4 Å². The minimum Gasteiger partial charge on any atom is -0.356 e. The molecule has 29 heavy (non-hydrogen) atoms. The van der Waals surface area contributed by atoms with Crippen molar-refractivity contribution in [1.29, 1.82) is 0 Å². The highest BCUT2D eigenvalue weighted by Crippen LogP contribution is 2.40. The Bertz CT molecular complexity index is 1060.